The molecule has 0 aliphatic carbocycles. The highest BCUT2D eigenvalue weighted by atomic mass is 16.5. The maximum absolute atomic E-state index is 11.7. The van der Waals surface area contributed by atoms with E-state index in [1.807, 2.05) is 32.9 Å². The Morgan fingerprint density at radius 2 is 2.04 bits per heavy atom. The van der Waals surface area contributed by atoms with Crippen LogP contribution in [0.2, 0.25) is 0 Å². The Bertz CT molecular complexity index is 538. The highest BCUT2D eigenvalue weighted by molar-refractivity contribution is 5.72. The number of carbonyl (C=O) groups excluding carboxylic acids is 1. The zero-order valence-electron chi connectivity index (χ0n) is 15.0. The quantitative estimate of drug-likeness (QED) is 0.775. The van der Waals surface area contributed by atoms with Crippen LogP contribution in [-0.4, -0.2) is 54.9 Å². The molecule has 2 rings (SSSR count). The van der Waals surface area contributed by atoms with Gasteiger partial charge in [0.1, 0.15) is 18.5 Å². The number of hydrogen-bond donors (Lipinski definition) is 1. The van der Waals surface area contributed by atoms with Gasteiger partial charge in [-0.05, 0) is 58.3 Å². The average Bonchev–Trinajstić information content (AvgIpc) is 2.55. The van der Waals surface area contributed by atoms with Crippen LogP contribution in [0.3, 0.4) is 0 Å². The van der Waals surface area contributed by atoms with Crippen LogP contribution in [0.5, 0.6) is 5.75 Å². The molecule has 5 nitrogen and oxygen atoms in total. The number of aliphatic hydroxyl groups is 1. The number of nitrogens with zero attached hydrogens (tertiary/aromatic N) is 1. The van der Waals surface area contributed by atoms with E-state index in [0.29, 0.717) is 13.2 Å². The summed E-state index contributed by atoms with van der Waals surface area (Å²) >= 11 is 0. The number of aliphatic hydroxyl groups excluding tert-OH is 1. The molecular formula is C19H29NO4. The van der Waals surface area contributed by atoms with Crippen molar-refractivity contribution in [3.05, 3.63) is 29.3 Å². The molecule has 1 unspecified atom stereocenters. The van der Waals surface area contributed by atoms with Gasteiger partial charge in [-0.25, -0.2) is 0 Å². The van der Waals surface area contributed by atoms with Gasteiger partial charge in [-0.15, -0.1) is 0 Å². The summed E-state index contributed by atoms with van der Waals surface area (Å²) in [5.74, 6) is 0.737. The van der Waals surface area contributed by atoms with Crippen molar-refractivity contribution in [3.63, 3.8) is 0 Å². The third-order valence-corrected chi connectivity index (χ3v) is 4.44. The third-order valence-electron chi connectivity index (χ3n) is 4.44. The minimum absolute atomic E-state index is 0.00445. The van der Waals surface area contributed by atoms with Gasteiger partial charge in [-0.3, -0.25) is 4.79 Å². The number of likely N-dealkylation sites (tertiary alicyclic amines) is 1. The molecule has 24 heavy (non-hydrogen) atoms. The van der Waals surface area contributed by atoms with E-state index in [-0.39, 0.29) is 18.5 Å². The van der Waals surface area contributed by atoms with Crippen molar-refractivity contribution in [2.45, 2.75) is 39.7 Å². The van der Waals surface area contributed by atoms with E-state index in [4.69, 9.17) is 9.47 Å². The first-order chi connectivity index (χ1) is 11.5. The number of esters is 1. The molecule has 1 saturated heterocycles. The molecule has 0 radical (unpaired) electrons. The molecular weight excluding hydrogens is 306 g/mol. The first-order valence-electron chi connectivity index (χ1n) is 8.76. The fourth-order valence-corrected chi connectivity index (χ4v) is 3.11. The fourth-order valence-electron chi connectivity index (χ4n) is 3.11. The molecule has 0 bridgehead atoms. The number of β-amino-alcohol motifs (C(OH)–C–C–N with tert-alkyl or cyclic N) is 1. The SMILES string of the molecule is CCOC(=O)C1CCN(CC(O)COc2ccc(C)cc2C)CC1. The van der Waals surface area contributed by atoms with Gasteiger partial charge in [-0.2, -0.15) is 0 Å². The minimum Gasteiger partial charge on any atom is -0.491 e. The maximum Gasteiger partial charge on any atom is 0.309 e. The Kier molecular flexibility index (Phi) is 7.06. The van der Waals surface area contributed by atoms with Crippen LogP contribution in [0.1, 0.15) is 30.9 Å². The van der Waals surface area contributed by atoms with E-state index in [9.17, 15) is 9.90 Å². The van der Waals surface area contributed by atoms with E-state index in [2.05, 4.69) is 11.0 Å². The molecule has 1 aromatic rings. The van der Waals surface area contributed by atoms with Crippen LogP contribution in [0.4, 0.5) is 0 Å². The van der Waals surface area contributed by atoms with Crippen molar-refractivity contribution in [1.29, 1.82) is 0 Å². The molecule has 0 spiro atoms. The molecule has 5 heteroatoms. The predicted molar refractivity (Wildman–Crippen MR) is 93.2 cm³/mol. The van der Waals surface area contributed by atoms with Gasteiger partial charge < -0.3 is 19.5 Å². The summed E-state index contributed by atoms with van der Waals surface area (Å²) in [6, 6.07) is 6.03. The van der Waals surface area contributed by atoms with Gasteiger partial charge in [0.15, 0.2) is 0 Å². The maximum atomic E-state index is 11.7. The Balaban J connectivity index is 1.71. The molecule has 0 amide bonds. The lowest BCUT2D eigenvalue weighted by atomic mass is 9.97. The Morgan fingerprint density at radius 3 is 2.67 bits per heavy atom. The zero-order chi connectivity index (χ0) is 17.5. The molecule has 1 heterocycles. The van der Waals surface area contributed by atoms with Crippen molar-refractivity contribution in [2.24, 2.45) is 5.92 Å². The summed E-state index contributed by atoms with van der Waals surface area (Å²) in [4.78, 5) is 13.9. The van der Waals surface area contributed by atoms with Crippen molar-refractivity contribution < 1.29 is 19.4 Å². The highest BCUT2D eigenvalue weighted by Gasteiger charge is 2.26. The number of piperidine rings is 1. The van der Waals surface area contributed by atoms with Crippen LogP contribution in [0.25, 0.3) is 0 Å². The topological polar surface area (TPSA) is 59.0 Å². The third kappa shape index (κ3) is 5.49. The smallest absolute Gasteiger partial charge is 0.309 e. The minimum atomic E-state index is -0.537. The van der Waals surface area contributed by atoms with Crippen molar-refractivity contribution >= 4 is 5.97 Å². The number of benzene rings is 1. The van der Waals surface area contributed by atoms with Crippen LogP contribution in [0.15, 0.2) is 18.2 Å². The second-order valence-electron chi connectivity index (χ2n) is 6.56. The summed E-state index contributed by atoms with van der Waals surface area (Å²) in [7, 11) is 0. The predicted octanol–water partition coefficient (Wildman–Crippen LogP) is 2.32. The lowest BCUT2D eigenvalue weighted by molar-refractivity contribution is -0.149. The molecule has 1 N–H and O–H groups in total. The van der Waals surface area contributed by atoms with Crippen LogP contribution < -0.4 is 4.74 Å². The van der Waals surface area contributed by atoms with Gasteiger partial charge in [0, 0.05) is 6.54 Å². The lowest BCUT2D eigenvalue weighted by Crippen LogP contribution is -2.42. The number of ether oxygens (including phenoxy) is 2. The molecule has 134 valence electrons. The second kappa shape index (κ2) is 9.04. The van der Waals surface area contributed by atoms with Gasteiger partial charge in [-0.1, -0.05) is 17.7 Å². The second-order valence-corrected chi connectivity index (χ2v) is 6.56. The van der Waals surface area contributed by atoms with E-state index in [1.54, 1.807) is 0 Å². The summed E-state index contributed by atoms with van der Waals surface area (Å²) in [5.41, 5.74) is 2.28. The Labute approximate surface area is 144 Å². The molecule has 1 aromatic carbocycles. The van der Waals surface area contributed by atoms with E-state index in [0.717, 1.165) is 37.2 Å². The average molecular weight is 335 g/mol. The molecule has 1 aliphatic rings. The fraction of sp³-hybridized carbons (Fsp3) is 0.632. The summed E-state index contributed by atoms with van der Waals surface area (Å²) in [6.45, 7) is 8.80. The number of carbonyl (C=O) groups is 1. The standard InChI is InChI=1S/C19H29NO4/c1-4-23-19(22)16-7-9-20(10-8-16)12-17(21)13-24-18-6-5-14(2)11-15(18)3/h5-6,11,16-17,21H,4,7-10,12-13H2,1-3H3. The molecule has 1 aliphatic heterocycles. The van der Waals surface area contributed by atoms with E-state index >= 15 is 0 Å². The molecule has 1 atom stereocenters. The Hall–Kier alpha value is -1.59. The van der Waals surface area contributed by atoms with Crippen molar-refractivity contribution in [1.82, 2.24) is 4.90 Å². The van der Waals surface area contributed by atoms with Gasteiger partial charge in [0.05, 0.1) is 12.5 Å². The molecule has 0 saturated carbocycles. The van der Waals surface area contributed by atoms with Crippen molar-refractivity contribution in [3.8, 4) is 5.75 Å². The largest absolute Gasteiger partial charge is 0.491 e. The Morgan fingerprint density at radius 1 is 1.33 bits per heavy atom. The van der Waals surface area contributed by atoms with Gasteiger partial charge in [0.25, 0.3) is 0 Å². The van der Waals surface area contributed by atoms with Crippen molar-refractivity contribution in [2.75, 3.05) is 32.8 Å². The van der Waals surface area contributed by atoms with Crippen LogP contribution in [0, 0.1) is 19.8 Å². The molecule has 0 aromatic heterocycles. The summed E-state index contributed by atoms with van der Waals surface area (Å²) in [6.07, 6.45) is 1.05. The number of aryl methyl sites for hydroxylation is 2. The monoisotopic (exact) mass is 335 g/mol. The highest BCUT2D eigenvalue weighted by Crippen LogP contribution is 2.20. The first-order valence-corrected chi connectivity index (χ1v) is 8.76. The van der Waals surface area contributed by atoms with Gasteiger partial charge >= 0.3 is 5.97 Å². The number of rotatable bonds is 7. The number of hydrogen-bond acceptors (Lipinski definition) is 5. The normalized spacial score (nSPS) is 17.5. The summed E-state index contributed by atoms with van der Waals surface area (Å²) in [5, 5.41) is 10.2. The van der Waals surface area contributed by atoms with E-state index in [1.165, 1.54) is 5.56 Å². The first kappa shape index (κ1) is 18.7. The van der Waals surface area contributed by atoms with Gasteiger partial charge in [0.2, 0.25) is 0 Å². The molecule has 1 fully saturated rings. The van der Waals surface area contributed by atoms with Crippen LogP contribution in [-0.2, 0) is 9.53 Å². The van der Waals surface area contributed by atoms with Crippen LogP contribution >= 0.6 is 0 Å². The lowest BCUT2D eigenvalue weighted by Gasteiger charge is -2.32. The summed E-state index contributed by atoms with van der Waals surface area (Å²) < 4.78 is 10.8. The van der Waals surface area contributed by atoms with E-state index < -0.39 is 6.10 Å². The zero-order valence-corrected chi connectivity index (χ0v) is 15.0.